The van der Waals surface area contributed by atoms with Crippen LogP contribution in [0, 0.1) is 0 Å². The van der Waals surface area contributed by atoms with E-state index in [9.17, 15) is 14.7 Å². The second-order valence-electron chi connectivity index (χ2n) is 9.01. The third-order valence-corrected chi connectivity index (χ3v) is 7.28. The van der Waals surface area contributed by atoms with Crippen LogP contribution in [0.25, 0.3) is 6.08 Å². The molecule has 0 amide bonds. The number of anilines is 1. The number of rotatable bonds is 8. The van der Waals surface area contributed by atoms with Crippen molar-refractivity contribution in [3.05, 3.63) is 96.7 Å². The van der Waals surface area contributed by atoms with Crippen molar-refractivity contribution in [2.75, 3.05) is 32.7 Å². The summed E-state index contributed by atoms with van der Waals surface area (Å²) in [7, 11) is 5.38. The number of thiazole rings is 1. The Balaban J connectivity index is 1.93. The standard InChI is InChI=1S/C29H31N3O5S/c1-7-9-20-14-18(15-22(36-6)26(20)33)16-23-27(34)32-25(19-10-12-21(13-11-19)31(4)5)24(28(35)37-8-2)17(3)30-29(32)38-23/h7,10-16,25,33H,1,8-9H2,2-6H3/b23-16+/t25-/m0/s1. The molecule has 3 aromatic rings. The van der Waals surface area contributed by atoms with Crippen molar-refractivity contribution in [1.82, 2.24) is 4.57 Å². The molecule has 9 heteroatoms. The lowest BCUT2D eigenvalue weighted by Gasteiger charge is -2.25. The van der Waals surface area contributed by atoms with E-state index in [1.165, 1.54) is 18.4 Å². The fourth-order valence-corrected chi connectivity index (χ4v) is 5.50. The highest BCUT2D eigenvalue weighted by atomic mass is 32.1. The molecule has 0 saturated carbocycles. The minimum Gasteiger partial charge on any atom is -0.504 e. The van der Waals surface area contributed by atoms with Crippen molar-refractivity contribution < 1.29 is 19.4 Å². The van der Waals surface area contributed by atoms with E-state index in [1.54, 1.807) is 42.7 Å². The molecule has 1 aromatic heterocycles. The molecule has 2 aromatic carbocycles. The number of esters is 1. The lowest BCUT2D eigenvalue weighted by atomic mass is 9.95. The number of aromatic hydroxyl groups is 1. The van der Waals surface area contributed by atoms with Crippen molar-refractivity contribution in [3.8, 4) is 11.5 Å². The van der Waals surface area contributed by atoms with E-state index >= 15 is 0 Å². The molecule has 0 fully saturated rings. The van der Waals surface area contributed by atoms with E-state index in [4.69, 9.17) is 9.47 Å². The maximum atomic E-state index is 13.8. The average molecular weight is 534 g/mol. The SMILES string of the molecule is C=CCc1cc(/C=c2/sc3n(c2=O)[C@@H](c2ccc(N(C)C)cc2)C(C(=O)OCC)=C(C)N=3)cc(OC)c1O. The van der Waals surface area contributed by atoms with Gasteiger partial charge in [-0.15, -0.1) is 6.58 Å². The summed E-state index contributed by atoms with van der Waals surface area (Å²) in [6, 6.07) is 10.5. The molecule has 38 heavy (non-hydrogen) atoms. The van der Waals surface area contributed by atoms with E-state index in [0.717, 1.165) is 11.3 Å². The smallest absolute Gasteiger partial charge is 0.338 e. The topological polar surface area (TPSA) is 93.4 Å². The van der Waals surface area contributed by atoms with Gasteiger partial charge in [-0.1, -0.05) is 29.5 Å². The van der Waals surface area contributed by atoms with Crippen LogP contribution in [-0.4, -0.2) is 43.5 Å². The first-order chi connectivity index (χ1) is 18.2. The third kappa shape index (κ3) is 5.02. The van der Waals surface area contributed by atoms with Gasteiger partial charge >= 0.3 is 5.97 Å². The molecular formula is C29H31N3O5S. The van der Waals surface area contributed by atoms with Crippen molar-refractivity contribution >= 4 is 29.1 Å². The first-order valence-corrected chi connectivity index (χ1v) is 13.0. The minimum atomic E-state index is -0.686. The summed E-state index contributed by atoms with van der Waals surface area (Å²) in [6.07, 6.45) is 3.87. The molecule has 0 unspecified atom stereocenters. The van der Waals surface area contributed by atoms with Crippen molar-refractivity contribution in [1.29, 1.82) is 0 Å². The largest absolute Gasteiger partial charge is 0.504 e. The lowest BCUT2D eigenvalue weighted by molar-refractivity contribution is -0.139. The van der Waals surface area contributed by atoms with Crippen LogP contribution in [0.3, 0.4) is 0 Å². The first kappa shape index (κ1) is 26.9. The number of benzene rings is 2. The zero-order valence-corrected chi connectivity index (χ0v) is 23.0. The molecule has 0 aliphatic carbocycles. The molecule has 0 bridgehead atoms. The van der Waals surface area contributed by atoms with E-state index in [0.29, 0.717) is 43.9 Å². The summed E-state index contributed by atoms with van der Waals surface area (Å²) in [5, 5.41) is 10.4. The highest BCUT2D eigenvalue weighted by molar-refractivity contribution is 7.07. The number of allylic oxidation sites excluding steroid dienone is 2. The van der Waals surface area contributed by atoms with Crippen LogP contribution < -0.4 is 24.5 Å². The van der Waals surface area contributed by atoms with Gasteiger partial charge in [0.1, 0.15) is 0 Å². The predicted molar refractivity (Wildman–Crippen MR) is 150 cm³/mol. The maximum Gasteiger partial charge on any atom is 0.338 e. The summed E-state index contributed by atoms with van der Waals surface area (Å²) in [5.74, 6) is -0.147. The zero-order chi connectivity index (χ0) is 27.6. The molecule has 1 aliphatic heterocycles. The van der Waals surface area contributed by atoms with Gasteiger partial charge in [0.05, 0.1) is 35.6 Å². The number of phenols is 1. The van der Waals surface area contributed by atoms with Gasteiger partial charge in [0.25, 0.3) is 5.56 Å². The van der Waals surface area contributed by atoms with Crippen LogP contribution in [0.4, 0.5) is 5.69 Å². The molecule has 2 heterocycles. The summed E-state index contributed by atoms with van der Waals surface area (Å²) in [5.41, 5.74) is 3.67. The van der Waals surface area contributed by atoms with E-state index in [1.807, 2.05) is 43.3 Å². The highest BCUT2D eigenvalue weighted by Gasteiger charge is 2.33. The summed E-state index contributed by atoms with van der Waals surface area (Å²) >= 11 is 1.24. The lowest BCUT2D eigenvalue weighted by Crippen LogP contribution is -2.39. The van der Waals surface area contributed by atoms with Crippen LogP contribution in [0.5, 0.6) is 11.5 Å². The Morgan fingerprint density at radius 3 is 2.58 bits per heavy atom. The number of nitrogens with zero attached hydrogens (tertiary/aromatic N) is 3. The zero-order valence-electron chi connectivity index (χ0n) is 22.1. The number of methoxy groups -OCH3 is 1. The van der Waals surface area contributed by atoms with Gasteiger partial charge in [0.2, 0.25) is 0 Å². The molecule has 1 aliphatic rings. The number of carbonyl (C=O) groups is 1. The van der Waals surface area contributed by atoms with Gasteiger partial charge in [-0.2, -0.15) is 0 Å². The van der Waals surface area contributed by atoms with Crippen molar-refractivity contribution in [2.24, 2.45) is 4.99 Å². The quantitative estimate of drug-likeness (QED) is 0.353. The number of carbonyl (C=O) groups excluding carboxylic acids is 1. The van der Waals surface area contributed by atoms with E-state index < -0.39 is 12.0 Å². The Hall–Kier alpha value is -4.11. The van der Waals surface area contributed by atoms with Crippen LogP contribution in [0.1, 0.15) is 36.6 Å². The van der Waals surface area contributed by atoms with Crippen LogP contribution >= 0.6 is 11.3 Å². The number of ether oxygens (including phenoxy) is 2. The molecular weight excluding hydrogens is 502 g/mol. The molecule has 1 N–H and O–H groups in total. The molecule has 0 spiro atoms. The first-order valence-electron chi connectivity index (χ1n) is 12.2. The second-order valence-corrected chi connectivity index (χ2v) is 10.0. The number of aromatic nitrogens is 1. The summed E-state index contributed by atoms with van der Waals surface area (Å²) < 4.78 is 12.7. The maximum absolute atomic E-state index is 13.8. The monoisotopic (exact) mass is 533 g/mol. The molecule has 1 atom stereocenters. The van der Waals surface area contributed by atoms with Gasteiger partial charge in [-0.3, -0.25) is 9.36 Å². The van der Waals surface area contributed by atoms with E-state index in [2.05, 4.69) is 11.6 Å². The molecule has 198 valence electrons. The van der Waals surface area contributed by atoms with Crippen LogP contribution in [0.2, 0.25) is 0 Å². The normalized spacial score (nSPS) is 15.1. The Morgan fingerprint density at radius 1 is 1.26 bits per heavy atom. The highest BCUT2D eigenvalue weighted by Crippen LogP contribution is 2.33. The molecule has 0 saturated heterocycles. The number of fused-ring (bicyclic) bond motifs is 1. The fraction of sp³-hybridized carbons (Fsp3) is 0.276. The summed E-state index contributed by atoms with van der Waals surface area (Å²) in [6.45, 7) is 7.46. The van der Waals surface area contributed by atoms with Gasteiger partial charge in [0.15, 0.2) is 16.3 Å². The molecule has 4 rings (SSSR count). The minimum absolute atomic E-state index is 0.0434. The molecule has 8 nitrogen and oxygen atoms in total. The number of phenolic OH excluding ortho intramolecular Hbond substituents is 1. The summed E-state index contributed by atoms with van der Waals surface area (Å²) in [4.78, 5) is 34.0. The Labute approximate surface area is 225 Å². The third-order valence-electron chi connectivity index (χ3n) is 6.30. The van der Waals surface area contributed by atoms with Gasteiger partial charge in [0, 0.05) is 25.3 Å². The average Bonchev–Trinajstić information content (AvgIpc) is 3.19. The second kappa shape index (κ2) is 11.1. The Morgan fingerprint density at radius 2 is 1.97 bits per heavy atom. The van der Waals surface area contributed by atoms with Crippen LogP contribution in [-0.2, 0) is 16.0 Å². The van der Waals surface area contributed by atoms with E-state index in [-0.39, 0.29) is 17.9 Å². The van der Waals surface area contributed by atoms with Crippen molar-refractivity contribution in [2.45, 2.75) is 26.3 Å². The van der Waals surface area contributed by atoms with Gasteiger partial charge in [-0.05, 0) is 61.7 Å². The predicted octanol–water partition coefficient (Wildman–Crippen LogP) is 3.31. The number of hydrogen-bond acceptors (Lipinski definition) is 8. The Bertz CT molecular complexity index is 1600. The molecule has 0 radical (unpaired) electrons. The van der Waals surface area contributed by atoms with Crippen LogP contribution in [0.15, 0.2) is 70.1 Å². The van der Waals surface area contributed by atoms with Gasteiger partial charge < -0.3 is 19.5 Å². The Kier molecular flexibility index (Phi) is 7.87. The van der Waals surface area contributed by atoms with Gasteiger partial charge in [-0.25, -0.2) is 9.79 Å². The fourth-order valence-electron chi connectivity index (χ4n) is 4.45. The van der Waals surface area contributed by atoms with Crippen molar-refractivity contribution in [3.63, 3.8) is 0 Å². The number of hydrogen-bond donors (Lipinski definition) is 1.